The lowest BCUT2D eigenvalue weighted by molar-refractivity contribution is -0.135. The fraction of sp³-hybridized carbons (Fsp3) is 0.533. The monoisotopic (exact) mass is 263 g/mol. The highest BCUT2D eigenvalue weighted by atomic mass is 16.5. The van der Waals surface area contributed by atoms with Crippen LogP contribution in [0.3, 0.4) is 0 Å². The van der Waals surface area contributed by atoms with Gasteiger partial charge in [0.1, 0.15) is 5.75 Å². The van der Waals surface area contributed by atoms with Gasteiger partial charge in [-0.05, 0) is 31.4 Å². The summed E-state index contributed by atoms with van der Waals surface area (Å²) in [5.74, 6) is 0.834. The zero-order valence-electron chi connectivity index (χ0n) is 11.6. The Morgan fingerprint density at radius 2 is 2.00 bits per heavy atom. The number of benzene rings is 1. The van der Waals surface area contributed by atoms with E-state index in [2.05, 4.69) is 0 Å². The van der Waals surface area contributed by atoms with Crippen LogP contribution < -0.4 is 4.74 Å². The Labute approximate surface area is 114 Å². The van der Waals surface area contributed by atoms with Crippen molar-refractivity contribution >= 4 is 5.91 Å². The largest absolute Gasteiger partial charge is 0.484 e. The summed E-state index contributed by atoms with van der Waals surface area (Å²) in [5, 5.41) is 0. The third-order valence-electron chi connectivity index (χ3n) is 3.57. The average Bonchev–Trinajstić information content (AvgIpc) is 2.46. The molecule has 104 valence electrons. The first-order valence-corrected chi connectivity index (χ1v) is 6.69. The molecule has 19 heavy (non-hydrogen) atoms. The highest BCUT2D eigenvalue weighted by molar-refractivity contribution is 5.77. The number of nitrogens with zero attached hydrogens (tertiary/aromatic N) is 1. The molecule has 1 saturated heterocycles. The highest BCUT2D eigenvalue weighted by Gasteiger charge is 2.22. The molecule has 0 unspecified atom stereocenters. The van der Waals surface area contributed by atoms with Gasteiger partial charge in [-0.1, -0.05) is 18.2 Å². The molecule has 0 saturated carbocycles. The van der Waals surface area contributed by atoms with E-state index in [0.29, 0.717) is 6.10 Å². The Morgan fingerprint density at radius 1 is 1.32 bits per heavy atom. The summed E-state index contributed by atoms with van der Waals surface area (Å²) in [6.45, 7) is 3.61. The van der Waals surface area contributed by atoms with Crippen LogP contribution in [0, 0.1) is 6.92 Å². The van der Waals surface area contributed by atoms with Gasteiger partial charge in [0.15, 0.2) is 6.61 Å². The Balaban J connectivity index is 1.81. The molecule has 1 heterocycles. The van der Waals surface area contributed by atoms with Crippen LogP contribution in [-0.2, 0) is 9.53 Å². The zero-order chi connectivity index (χ0) is 13.7. The number of methoxy groups -OCH3 is 1. The Morgan fingerprint density at radius 3 is 2.63 bits per heavy atom. The first-order chi connectivity index (χ1) is 9.20. The normalized spacial score (nSPS) is 16.4. The smallest absolute Gasteiger partial charge is 0.260 e. The number of para-hydroxylation sites is 1. The van der Waals surface area contributed by atoms with E-state index in [1.54, 1.807) is 7.11 Å². The van der Waals surface area contributed by atoms with Crippen LogP contribution in [0.5, 0.6) is 5.75 Å². The van der Waals surface area contributed by atoms with E-state index in [1.807, 2.05) is 36.1 Å². The maximum atomic E-state index is 12.0. The van der Waals surface area contributed by atoms with Gasteiger partial charge in [-0.3, -0.25) is 4.79 Å². The molecule has 4 nitrogen and oxygen atoms in total. The summed E-state index contributed by atoms with van der Waals surface area (Å²) in [7, 11) is 1.73. The molecule has 0 atom stereocenters. The zero-order valence-corrected chi connectivity index (χ0v) is 11.6. The van der Waals surface area contributed by atoms with Gasteiger partial charge in [-0.25, -0.2) is 0 Å². The van der Waals surface area contributed by atoms with E-state index in [1.165, 1.54) is 0 Å². The molecule has 0 aliphatic carbocycles. The fourth-order valence-corrected chi connectivity index (χ4v) is 2.29. The molecular weight excluding hydrogens is 242 g/mol. The van der Waals surface area contributed by atoms with Gasteiger partial charge in [0.05, 0.1) is 6.10 Å². The fourth-order valence-electron chi connectivity index (χ4n) is 2.29. The van der Waals surface area contributed by atoms with Crippen molar-refractivity contribution in [1.82, 2.24) is 4.90 Å². The van der Waals surface area contributed by atoms with Crippen molar-refractivity contribution in [3.8, 4) is 5.75 Å². The summed E-state index contributed by atoms with van der Waals surface area (Å²) >= 11 is 0. The topological polar surface area (TPSA) is 38.8 Å². The van der Waals surface area contributed by atoms with Crippen molar-refractivity contribution in [2.45, 2.75) is 25.9 Å². The Hall–Kier alpha value is -1.55. The summed E-state index contributed by atoms with van der Waals surface area (Å²) in [6, 6.07) is 7.74. The number of hydrogen-bond acceptors (Lipinski definition) is 3. The van der Waals surface area contributed by atoms with Crippen LogP contribution in [0.4, 0.5) is 0 Å². The summed E-state index contributed by atoms with van der Waals surface area (Å²) < 4.78 is 10.9. The van der Waals surface area contributed by atoms with Crippen LogP contribution in [-0.4, -0.2) is 43.7 Å². The van der Waals surface area contributed by atoms with Gasteiger partial charge in [-0.2, -0.15) is 0 Å². The second-order valence-electron chi connectivity index (χ2n) is 4.87. The minimum atomic E-state index is 0.0535. The first-order valence-electron chi connectivity index (χ1n) is 6.69. The quantitative estimate of drug-likeness (QED) is 0.834. The molecule has 0 N–H and O–H groups in total. The number of ether oxygens (including phenoxy) is 2. The number of piperidine rings is 1. The number of carbonyl (C=O) groups is 1. The van der Waals surface area contributed by atoms with Gasteiger partial charge in [-0.15, -0.1) is 0 Å². The molecule has 1 aromatic carbocycles. The molecule has 1 fully saturated rings. The van der Waals surface area contributed by atoms with Crippen LogP contribution in [0.2, 0.25) is 0 Å². The van der Waals surface area contributed by atoms with E-state index in [9.17, 15) is 4.79 Å². The number of hydrogen-bond donors (Lipinski definition) is 0. The van der Waals surface area contributed by atoms with Crippen molar-refractivity contribution in [3.63, 3.8) is 0 Å². The van der Waals surface area contributed by atoms with Gasteiger partial charge in [0, 0.05) is 20.2 Å². The van der Waals surface area contributed by atoms with Crippen molar-refractivity contribution in [1.29, 1.82) is 0 Å². The van der Waals surface area contributed by atoms with Crippen molar-refractivity contribution < 1.29 is 14.3 Å². The molecule has 2 rings (SSSR count). The molecule has 0 aromatic heterocycles. The number of amides is 1. The second-order valence-corrected chi connectivity index (χ2v) is 4.87. The van der Waals surface area contributed by atoms with E-state index in [-0.39, 0.29) is 12.5 Å². The number of likely N-dealkylation sites (tertiary alicyclic amines) is 1. The summed E-state index contributed by atoms with van der Waals surface area (Å²) in [5.41, 5.74) is 1.05. The SMILES string of the molecule is COC1CCN(C(=O)COc2ccccc2C)CC1. The standard InChI is InChI=1S/C15H21NO3/c1-12-5-3-4-6-14(12)19-11-15(17)16-9-7-13(18-2)8-10-16/h3-6,13H,7-11H2,1-2H3. The minimum Gasteiger partial charge on any atom is -0.484 e. The van der Waals surface area contributed by atoms with E-state index in [4.69, 9.17) is 9.47 Å². The maximum Gasteiger partial charge on any atom is 0.260 e. The maximum absolute atomic E-state index is 12.0. The molecule has 1 aliphatic rings. The molecule has 0 radical (unpaired) electrons. The number of carbonyl (C=O) groups excluding carboxylic acids is 1. The van der Waals surface area contributed by atoms with Crippen LogP contribution >= 0.6 is 0 Å². The molecule has 1 amide bonds. The number of rotatable bonds is 4. The summed E-state index contributed by atoms with van der Waals surface area (Å²) in [6.07, 6.45) is 2.11. The van der Waals surface area contributed by atoms with Gasteiger partial charge in [0.25, 0.3) is 5.91 Å². The lowest BCUT2D eigenvalue weighted by Gasteiger charge is -2.31. The average molecular weight is 263 g/mol. The van der Waals surface area contributed by atoms with Crippen molar-refractivity contribution in [2.75, 3.05) is 26.8 Å². The lowest BCUT2D eigenvalue weighted by Crippen LogP contribution is -2.42. The van der Waals surface area contributed by atoms with Gasteiger partial charge in [0.2, 0.25) is 0 Å². The second kappa shape index (κ2) is 6.57. The van der Waals surface area contributed by atoms with E-state index >= 15 is 0 Å². The molecule has 0 spiro atoms. The van der Waals surface area contributed by atoms with Crippen molar-refractivity contribution in [2.24, 2.45) is 0 Å². The Kier molecular flexibility index (Phi) is 4.80. The molecule has 4 heteroatoms. The molecule has 1 aliphatic heterocycles. The van der Waals surface area contributed by atoms with Crippen LogP contribution in [0.1, 0.15) is 18.4 Å². The van der Waals surface area contributed by atoms with Crippen molar-refractivity contribution in [3.05, 3.63) is 29.8 Å². The lowest BCUT2D eigenvalue weighted by atomic mass is 10.1. The Bertz CT molecular complexity index is 425. The van der Waals surface area contributed by atoms with Crippen LogP contribution in [0.15, 0.2) is 24.3 Å². The molecular formula is C15H21NO3. The first kappa shape index (κ1) is 13.9. The number of aryl methyl sites for hydroxylation is 1. The predicted molar refractivity (Wildman–Crippen MR) is 73.3 cm³/mol. The van der Waals surface area contributed by atoms with Crippen LogP contribution in [0.25, 0.3) is 0 Å². The third-order valence-corrected chi connectivity index (χ3v) is 3.57. The molecule has 1 aromatic rings. The highest BCUT2D eigenvalue weighted by Crippen LogP contribution is 2.17. The predicted octanol–water partition coefficient (Wildman–Crippen LogP) is 2.01. The van der Waals surface area contributed by atoms with E-state index in [0.717, 1.165) is 37.2 Å². The minimum absolute atomic E-state index is 0.0535. The van der Waals surface area contributed by atoms with Gasteiger partial charge < -0.3 is 14.4 Å². The van der Waals surface area contributed by atoms with E-state index < -0.39 is 0 Å². The molecule has 0 bridgehead atoms. The summed E-state index contributed by atoms with van der Waals surface area (Å²) in [4.78, 5) is 13.9. The third kappa shape index (κ3) is 3.70. The van der Waals surface area contributed by atoms with Gasteiger partial charge >= 0.3 is 0 Å².